The van der Waals surface area contributed by atoms with Gasteiger partial charge in [0.1, 0.15) is 11.8 Å². The van der Waals surface area contributed by atoms with Crippen LogP contribution in [0.25, 0.3) is 10.9 Å². The Kier molecular flexibility index (Phi) is 10.3. The Labute approximate surface area is 262 Å². The minimum absolute atomic E-state index is 0.149. The Hall–Kier alpha value is -4.29. The van der Waals surface area contributed by atoms with Crippen LogP contribution in [-0.2, 0) is 16.0 Å². The SMILES string of the molecule is Cc1occc1C(=O)NC(C(=O)N1C[C@@H](CN(C)C)Cc2cc(Cl)ccc21)C(C)c1c[nH]c2ccccc12.O=C(O)C(F)(F)F. The summed E-state index contributed by atoms with van der Waals surface area (Å²) in [6.07, 6.45) is -0.828. The summed E-state index contributed by atoms with van der Waals surface area (Å²) in [7, 11) is 4.07. The second-order valence-corrected chi connectivity index (χ2v) is 11.7. The van der Waals surface area contributed by atoms with Crippen molar-refractivity contribution in [2.24, 2.45) is 5.92 Å². The summed E-state index contributed by atoms with van der Waals surface area (Å²) in [5.41, 5.74) is 4.27. The van der Waals surface area contributed by atoms with Crippen molar-refractivity contribution in [1.29, 1.82) is 0 Å². The molecule has 4 aromatic rings. The van der Waals surface area contributed by atoms with Gasteiger partial charge < -0.3 is 29.6 Å². The summed E-state index contributed by atoms with van der Waals surface area (Å²) >= 11 is 6.35. The lowest BCUT2D eigenvalue weighted by Gasteiger charge is -2.38. The fraction of sp³-hybridized carbons (Fsp3) is 0.344. The number of H-pyrrole nitrogens is 1. The van der Waals surface area contributed by atoms with Crippen LogP contribution in [-0.4, -0.2) is 72.2 Å². The number of carboxylic acids is 1. The van der Waals surface area contributed by atoms with Gasteiger partial charge in [0.05, 0.1) is 11.8 Å². The molecule has 45 heavy (non-hydrogen) atoms. The van der Waals surface area contributed by atoms with Gasteiger partial charge in [0, 0.05) is 46.8 Å². The van der Waals surface area contributed by atoms with Gasteiger partial charge in [-0.15, -0.1) is 0 Å². The molecular weight excluding hydrogens is 613 g/mol. The summed E-state index contributed by atoms with van der Waals surface area (Å²) in [6.45, 7) is 5.12. The first-order valence-electron chi connectivity index (χ1n) is 14.1. The normalized spacial score (nSPS) is 16.0. The predicted octanol–water partition coefficient (Wildman–Crippen LogP) is 6.03. The molecule has 0 saturated carbocycles. The highest BCUT2D eigenvalue weighted by atomic mass is 35.5. The molecule has 1 aliphatic heterocycles. The Morgan fingerprint density at radius 3 is 2.49 bits per heavy atom. The Morgan fingerprint density at radius 1 is 1.18 bits per heavy atom. The molecule has 2 aromatic carbocycles. The van der Waals surface area contributed by atoms with Crippen molar-refractivity contribution in [3.05, 3.63) is 88.5 Å². The number of aromatic nitrogens is 1. The van der Waals surface area contributed by atoms with E-state index in [-0.39, 0.29) is 23.7 Å². The molecule has 2 unspecified atom stereocenters. The van der Waals surface area contributed by atoms with E-state index in [4.69, 9.17) is 25.9 Å². The molecule has 0 radical (unpaired) electrons. The highest BCUT2D eigenvalue weighted by Gasteiger charge is 2.39. The van der Waals surface area contributed by atoms with Gasteiger partial charge in [-0.05, 0) is 74.8 Å². The fourth-order valence-electron chi connectivity index (χ4n) is 5.62. The van der Waals surface area contributed by atoms with Gasteiger partial charge in [0.2, 0.25) is 5.91 Å². The zero-order valence-corrected chi connectivity index (χ0v) is 25.9. The van der Waals surface area contributed by atoms with Gasteiger partial charge in [-0.2, -0.15) is 13.2 Å². The van der Waals surface area contributed by atoms with Crippen molar-refractivity contribution in [2.45, 2.75) is 38.4 Å². The molecule has 13 heteroatoms. The highest BCUT2D eigenvalue weighted by molar-refractivity contribution is 6.30. The third kappa shape index (κ3) is 7.87. The summed E-state index contributed by atoms with van der Waals surface area (Å²) in [5, 5.41) is 11.9. The van der Waals surface area contributed by atoms with Crippen LogP contribution in [0.2, 0.25) is 5.02 Å². The first kappa shape index (κ1) is 33.6. The number of hydrogen-bond donors (Lipinski definition) is 3. The first-order valence-corrected chi connectivity index (χ1v) is 14.5. The molecule has 2 amide bonds. The molecule has 0 fully saturated rings. The lowest BCUT2D eigenvalue weighted by molar-refractivity contribution is -0.192. The van der Waals surface area contributed by atoms with E-state index in [9.17, 15) is 22.8 Å². The number of carbonyl (C=O) groups excluding carboxylic acids is 2. The molecule has 1 aliphatic rings. The molecule has 9 nitrogen and oxygen atoms in total. The second kappa shape index (κ2) is 13.8. The van der Waals surface area contributed by atoms with Crippen molar-refractivity contribution in [3.8, 4) is 0 Å². The van der Waals surface area contributed by atoms with Crippen molar-refractivity contribution in [1.82, 2.24) is 15.2 Å². The molecule has 3 atom stereocenters. The monoisotopic (exact) mass is 646 g/mol. The van der Waals surface area contributed by atoms with Gasteiger partial charge in [0.25, 0.3) is 5.91 Å². The zero-order chi connectivity index (χ0) is 33.1. The number of hydrogen-bond acceptors (Lipinski definition) is 5. The number of aryl methyl sites for hydroxylation is 1. The number of amides is 2. The van der Waals surface area contributed by atoms with E-state index < -0.39 is 18.2 Å². The van der Waals surface area contributed by atoms with Crippen LogP contribution < -0.4 is 10.2 Å². The minimum Gasteiger partial charge on any atom is -0.475 e. The average Bonchev–Trinajstić information content (AvgIpc) is 3.60. The number of benzene rings is 2. The van der Waals surface area contributed by atoms with E-state index in [1.165, 1.54) is 6.26 Å². The van der Waals surface area contributed by atoms with E-state index in [1.807, 2.05) is 74.6 Å². The standard InChI is InChI=1S/C30H33ClN4O3.C2HF3O2/c1-18(25-15-32-26-8-6-5-7-24(25)26)28(33-29(36)23-11-12-38-19(23)2)30(37)35-17-20(16-34(3)4)13-21-14-22(31)9-10-27(21)35;3-2(4,5)1(6)7/h5-12,14-15,18,20,28,32H,13,16-17H2,1-4H3,(H,33,36);(H,6,7)/t18?,20-,28?;/m1./s1. The van der Waals surface area contributed by atoms with Crippen molar-refractivity contribution in [3.63, 3.8) is 0 Å². The fourth-order valence-corrected chi connectivity index (χ4v) is 5.81. The molecule has 3 N–H and O–H groups in total. The van der Waals surface area contributed by atoms with Crippen molar-refractivity contribution >= 4 is 46.0 Å². The first-order chi connectivity index (χ1) is 21.2. The number of nitrogens with one attached hydrogen (secondary N) is 2. The Bertz CT molecular complexity index is 1680. The van der Waals surface area contributed by atoms with Gasteiger partial charge >= 0.3 is 12.1 Å². The van der Waals surface area contributed by atoms with Gasteiger partial charge in [-0.25, -0.2) is 4.79 Å². The molecular formula is C32H34ClF3N4O5. The van der Waals surface area contributed by atoms with Crippen LogP contribution in [0.15, 0.2) is 65.4 Å². The zero-order valence-electron chi connectivity index (χ0n) is 25.1. The maximum Gasteiger partial charge on any atom is 0.490 e. The molecule has 240 valence electrons. The van der Waals surface area contributed by atoms with Gasteiger partial charge in [-0.3, -0.25) is 9.59 Å². The predicted molar refractivity (Wildman–Crippen MR) is 165 cm³/mol. The van der Waals surface area contributed by atoms with Gasteiger partial charge in [0.15, 0.2) is 0 Å². The topological polar surface area (TPSA) is 119 Å². The summed E-state index contributed by atoms with van der Waals surface area (Å²) in [5.74, 6) is -2.80. The Balaban J connectivity index is 0.000000591. The van der Waals surface area contributed by atoms with Crippen LogP contribution in [0.4, 0.5) is 18.9 Å². The smallest absolute Gasteiger partial charge is 0.475 e. The van der Waals surface area contributed by atoms with Crippen LogP contribution in [0.1, 0.15) is 40.1 Å². The van der Waals surface area contributed by atoms with E-state index in [1.54, 1.807) is 13.0 Å². The van der Waals surface area contributed by atoms with E-state index in [0.29, 0.717) is 22.9 Å². The summed E-state index contributed by atoms with van der Waals surface area (Å²) in [6, 6.07) is 14.5. The molecule has 0 spiro atoms. The number of alkyl halides is 3. The molecule has 0 saturated heterocycles. The average molecular weight is 647 g/mol. The number of anilines is 1. The quantitative estimate of drug-likeness (QED) is 0.226. The molecule has 5 rings (SSSR count). The highest BCUT2D eigenvalue weighted by Crippen LogP contribution is 2.35. The van der Waals surface area contributed by atoms with Crippen molar-refractivity contribution < 1.29 is 37.1 Å². The van der Waals surface area contributed by atoms with Crippen LogP contribution >= 0.6 is 11.6 Å². The number of aliphatic carboxylic acids is 1. The largest absolute Gasteiger partial charge is 0.490 e. The molecule has 2 aromatic heterocycles. The number of para-hydroxylation sites is 1. The maximum absolute atomic E-state index is 14.5. The number of fused-ring (bicyclic) bond motifs is 2. The lowest BCUT2D eigenvalue weighted by Crippen LogP contribution is -2.54. The summed E-state index contributed by atoms with van der Waals surface area (Å²) in [4.78, 5) is 44.0. The number of rotatable bonds is 7. The summed E-state index contributed by atoms with van der Waals surface area (Å²) < 4.78 is 37.1. The lowest BCUT2D eigenvalue weighted by atomic mass is 9.88. The number of halogens is 4. The minimum atomic E-state index is -5.08. The Morgan fingerprint density at radius 2 is 1.87 bits per heavy atom. The van der Waals surface area contributed by atoms with E-state index in [0.717, 1.165) is 40.7 Å². The van der Waals surface area contributed by atoms with Gasteiger partial charge in [-0.1, -0.05) is 36.7 Å². The second-order valence-electron chi connectivity index (χ2n) is 11.3. The number of carbonyl (C=O) groups is 3. The van der Waals surface area contributed by atoms with E-state index >= 15 is 0 Å². The third-order valence-electron chi connectivity index (χ3n) is 7.68. The van der Waals surface area contributed by atoms with Crippen LogP contribution in [0, 0.1) is 12.8 Å². The number of carboxylic acid groups (broad SMARTS) is 1. The molecule has 3 heterocycles. The van der Waals surface area contributed by atoms with E-state index in [2.05, 4.69) is 15.2 Å². The van der Waals surface area contributed by atoms with Crippen molar-refractivity contribution in [2.75, 3.05) is 32.1 Å². The maximum atomic E-state index is 14.5. The third-order valence-corrected chi connectivity index (χ3v) is 7.92. The number of furan rings is 1. The van der Waals surface area contributed by atoms with Crippen LogP contribution in [0.3, 0.4) is 0 Å². The molecule has 0 bridgehead atoms. The molecule has 0 aliphatic carbocycles. The van der Waals surface area contributed by atoms with Crippen LogP contribution in [0.5, 0.6) is 0 Å². The number of aromatic amines is 1. The number of nitrogens with zero attached hydrogens (tertiary/aromatic N) is 2.